The fourth-order valence-electron chi connectivity index (χ4n) is 1.75. The second kappa shape index (κ2) is 3.81. The average molecular weight is 207 g/mol. The van der Waals surface area contributed by atoms with Crippen molar-refractivity contribution < 1.29 is 14.3 Å². The normalized spacial score (nSPS) is 17.9. The SMILES string of the molecule is COC(=O)[C@@H]1Cc2cc(OC)ccc2N1. The molecule has 80 valence electrons. The topological polar surface area (TPSA) is 47.6 Å². The molecular formula is C11H13NO3. The zero-order valence-electron chi connectivity index (χ0n) is 8.74. The summed E-state index contributed by atoms with van der Waals surface area (Å²) in [6.45, 7) is 0. The Morgan fingerprint density at radius 1 is 1.47 bits per heavy atom. The molecule has 1 aliphatic heterocycles. The van der Waals surface area contributed by atoms with Crippen LogP contribution in [0.25, 0.3) is 0 Å². The molecule has 4 heteroatoms. The van der Waals surface area contributed by atoms with Gasteiger partial charge in [0.15, 0.2) is 0 Å². The van der Waals surface area contributed by atoms with E-state index in [9.17, 15) is 4.79 Å². The quantitative estimate of drug-likeness (QED) is 0.740. The molecule has 1 atom stereocenters. The number of benzene rings is 1. The Morgan fingerprint density at radius 2 is 2.27 bits per heavy atom. The van der Waals surface area contributed by atoms with Crippen molar-refractivity contribution in [2.75, 3.05) is 19.5 Å². The molecule has 0 amide bonds. The number of nitrogens with one attached hydrogen (secondary N) is 1. The number of methoxy groups -OCH3 is 2. The molecule has 0 bridgehead atoms. The number of anilines is 1. The standard InChI is InChI=1S/C11H13NO3/c1-14-8-3-4-9-7(5-8)6-10(12-9)11(13)15-2/h3-5,10,12H,6H2,1-2H3/t10-/m0/s1. The fraction of sp³-hybridized carbons (Fsp3) is 0.364. The second-order valence-electron chi connectivity index (χ2n) is 3.45. The molecule has 0 aliphatic carbocycles. The predicted octanol–water partition coefficient (Wildman–Crippen LogP) is 1.20. The summed E-state index contributed by atoms with van der Waals surface area (Å²) in [5, 5.41) is 3.11. The van der Waals surface area contributed by atoms with Crippen LogP contribution in [-0.2, 0) is 16.0 Å². The van der Waals surface area contributed by atoms with Crippen molar-refractivity contribution in [3.8, 4) is 5.75 Å². The third-order valence-electron chi connectivity index (χ3n) is 2.55. The molecule has 15 heavy (non-hydrogen) atoms. The zero-order valence-corrected chi connectivity index (χ0v) is 8.74. The Morgan fingerprint density at radius 3 is 2.93 bits per heavy atom. The highest BCUT2D eigenvalue weighted by atomic mass is 16.5. The van der Waals surface area contributed by atoms with Crippen LogP contribution < -0.4 is 10.1 Å². The smallest absolute Gasteiger partial charge is 0.328 e. The Hall–Kier alpha value is -1.71. The van der Waals surface area contributed by atoms with Gasteiger partial charge in [0.05, 0.1) is 14.2 Å². The van der Waals surface area contributed by atoms with Gasteiger partial charge in [-0.1, -0.05) is 0 Å². The summed E-state index contributed by atoms with van der Waals surface area (Å²) < 4.78 is 9.81. The van der Waals surface area contributed by atoms with Gasteiger partial charge in [-0.25, -0.2) is 4.79 Å². The first kappa shape index (κ1) is 9.83. The van der Waals surface area contributed by atoms with Gasteiger partial charge in [0.1, 0.15) is 11.8 Å². The van der Waals surface area contributed by atoms with E-state index in [0.717, 1.165) is 17.0 Å². The van der Waals surface area contributed by atoms with Crippen LogP contribution in [0.4, 0.5) is 5.69 Å². The number of hydrogen-bond donors (Lipinski definition) is 1. The van der Waals surface area contributed by atoms with Gasteiger partial charge in [-0.05, 0) is 23.8 Å². The summed E-state index contributed by atoms with van der Waals surface area (Å²) in [5.74, 6) is 0.575. The molecule has 0 aromatic heterocycles. The largest absolute Gasteiger partial charge is 0.497 e. The minimum absolute atomic E-state index is 0.231. The van der Waals surface area contributed by atoms with E-state index in [4.69, 9.17) is 4.74 Å². The van der Waals surface area contributed by atoms with Crippen molar-refractivity contribution in [2.24, 2.45) is 0 Å². The lowest BCUT2D eigenvalue weighted by Gasteiger charge is -2.07. The lowest BCUT2D eigenvalue weighted by Crippen LogP contribution is -2.27. The van der Waals surface area contributed by atoms with Gasteiger partial charge >= 0.3 is 5.97 Å². The van der Waals surface area contributed by atoms with Crippen LogP contribution in [0, 0.1) is 0 Å². The molecule has 4 nitrogen and oxygen atoms in total. The van der Waals surface area contributed by atoms with E-state index in [2.05, 4.69) is 10.1 Å². The number of hydrogen-bond acceptors (Lipinski definition) is 4. The molecule has 0 unspecified atom stereocenters. The third kappa shape index (κ3) is 1.75. The van der Waals surface area contributed by atoms with Gasteiger partial charge in [0, 0.05) is 12.1 Å². The molecule has 1 heterocycles. The molecule has 1 aromatic rings. The molecule has 1 aromatic carbocycles. The van der Waals surface area contributed by atoms with Crippen molar-refractivity contribution in [1.29, 1.82) is 0 Å². The van der Waals surface area contributed by atoms with Crippen LogP contribution in [-0.4, -0.2) is 26.2 Å². The minimum Gasteiger partial charge on any atom is -0.497 e. The van der Waals surface area contributed by atoms with Crippen LogP contribution in [0.15, 0.2) is 18.2 Å². The number of ether oxygens (including phenoxy) is 2. The van der Waals surface area contributed by atoms with E-state index < -0.39 is 0 Å². The highest BCUT2D eigenvalue weighted by molar-refractivity contribution is 5.82. The maximum Gasteiger partial charge on any atom is 0.328 e. The zero-order chi connectivity index (χ0) is 10.8. The van der Waals surface area contributed by atoms with Crippen LogP contribution in [0.5, 0.6) is 5.75 Å². The molecule has 0 saturated heterocycles. The molecule has 0 saturated carbocycles. The van der Waals surface area contributed by atoms with Crippen molar-refractivity contribution in [2.45, 2.75) is 12.5 Å². The van der Waals surface area contributed by atoms with E-state index in [0.29, 0.717) is 6.42 Å². The molecule has 1 aliphatic rings. The first-order valence-electron chi connectivity index (χ1n) is 4.76. The summed E-state index contributed by atoms with van der Waals surface area (Å²) in [6, 6.07) is 5.45. The van der Waals surface area contributed by atoms with E-state index in [1.165, 1.54) is 7.11 Å². The first-order chi connectivity index (χ1) is 7.24. The summed E-state index contributed by atoms with van der Waals surface area (Å²) in [4.78, 5) is 11.3. The van der Waals surface area contributed by atoms with Gasteiger partial charge in [-0.15, -0.1) is 0 Å². The van der Waals surface area contributed by atoms with Crippen molar-refractivity contribution in [1.82, 2.24) is 0 Å². The van der Waals surface area contributed by atoms with Crippen LogP contribution in [0.2, 0.25) is 0 Å². The van der Waals surface area contributed by atoms with Crippen molar-refractivity contribution >= 4 is 11.7 Å². The summed E-state index contributed by atoms with van der Waals surface area (Å²) in [6.07, 6.45) is 0.652. The number of carbonyl (C=O) groups excluding carboxylic acids is 1. The molecule has 2 rings (SSSR count). The van der Waals surface area contributed by atoms with Crippen LogP contribution in [0.1, 0.15) is 5.56 Å². The predicted molar refractivity (Wildman–Crippen MR) is 56.1 cm³/mol. The van der Waals surface area contributed by atoms with E-state index in [-0.39, 0.29) is 12.0 Å². The number of rotatable bonds is 2. The highest BCUT2D eigenvalue weighted by Crippen LogP contribution is 2.29. The Kier molecular flexibility index (Phi) is 2.49. The van der Waals surface area contributed by atoms with Gasteiger partial charge in [0.2, 0.25) is 0 Å². The van der Waals surface area contributed by atoms with E-state index >= 15 is 0 Å². The lowest BCUT2D eigenvalue weighted by molar-refractivity contribution is -0.141. The number of fused-ring (bicyclic) bond motifs is 1. The van der Waals surface area contributed by atoms with Gasteiger partial charge in [-0.2, -0.15) is 0 Å². The Balaban J connectivity index is 2.20. The van der Waals surface area contributed by atoms with E-state index in [1.807, 2.05) is 18.2 Å². The first-order valence-corrected chi connectivity index (χ1v) is 4.76. The summed E-state index contributed by atoms with van der Waals surface area (Å²) in [5.41, 5.74) is 2.07. The maximum atomic E-state index is 11.3. The number of carbonyl (C=O) groups is 1. The van der Waals surface area contributed by atoms with Gasteiger partial charge in [-0.3, -0.25) is 0 Å². The lowest BCUT2D eigenvalue weighted by atomic mass is 10.1. The Bertz CT molecular complexity index is 389. The minimum atomic E-state index is -0.267. The molecule has 1 N–H and O–H groups in total. The number of esters is 1. The molecule has 0 radical (unpaired) electrons. The second-order valence-corrected chi connectivity index (χ2v) is 3.45. The van der Waals surface area contributed by atoms with Crippen molar-refractivity contribution in [3.05, 3.63) is 23.8 Å². The highest BCUT2D eigenvalue weighted by Gasteiger charge is 2.27. The monoisotopic (exact) mass is 207 g/mol. The van der Waals surface area contributed by atoms with Crippen LogP contribution >= 0.6 is 0 Å². The average Bonchev–Trinajstić information content (AvgIpc) is 2.70. The maximum absolute atomic E-state index is 11.3. The fourth-order valence-corrected chi connectivity index (χ4v) is 1.75. The molecule has 0 fully saturated rings. The van der Waals surface area contributed by atoms with Crippen LogP contribution in [0.3, 0.4) is 0 Å². The van der Waals surface area contributed by atoms with Crippen molar-refractivity contribution in [3.63, 3.8) is 0 Å². The van der Waals surface area contributed by atoms with Gasteiger partial charge < -0.3 is 14.8 Å². The van der Waals surface area contributed by atoms with E-state index in [1.54, 1.807) is 7.11 Å². The molecular weight excluding hydrogens is 194 g/mol. The van der Waals surface area contributed by atoms with Gasteiger partial charge in [0.25, 0.3) is 0 Å². The summed E-state index contributed by atoms with van der Waals surface area (Å²) in [7, 11) is 3.02. The third-order valence-corrected chi connectivity index (χ3v) is 2.55. The summed E-state index contributed by atoms with van der Waals surface area (Å²) >= 11 is 0. The molecule has 0 spiro atoms. The Labute approximate surface area is 88.2 Å².